The summed E-state index contributed by atoms with van der Waals surface area (Å²) in [5, 5.41) is 9.35. The zero-order valence-corrected chi connectivity index (χ0v) is 16.3. The Labute approximate surface area is 151 Å². The maximum Gasteiger partial charge on any atom is 0.0741 e. The molecule has 2 atom stereocenters. The van der Waals surface area contributed by atoms with Gasteiger partial charge in [-0.1, -0.05) is 78.1 Å². The summed E-state index contributed by atoms with van der Waals surface area (Å²) < 4.78 is 0. The molecule has 0 aromatic heterocycles. The number of piperidine rings is 1. The Balaban J connectivity index is 2.42. The van der Waals surface area contributed by atoms with E-state index in [1.165, 1.54) is 77.0 Å². The monoisotopic (exact) mass is 335 g/mol. The molecule has 1 aliphatic heterocycles. The number of nitriles is 1. The molecule has 0 radical (unpaired) electrons. The van der Waals surface area contributed by atoms with Crippen LogP contribution in [0.25, 0.3) is 0 Å². The molecule has 1 saturated heterocycles. The molecule has 1 aliphatic rings. The fourth-order valence-corrected chi connectivity index (χ4v) is 3.94. The van der Waals surface area contributed by atoms with Gasteiger partial charge in [-0.2, -0.15) is 5.26 Å². The topological polar surface area (TPSA) is 53.0 Å². The molecule has 0 spiro atoms. The number of nitrogens with zero attached hydrogens (tertiary/aromatic N) is 2. The average Bonchev–Trinajstić information content (AvgIpc) is 2.60. The third-order valence-corrected chi connectivity index (χ3v) is 5.66. The van der Waals surface area contributed by atoms with E-state index in [0.29, 0.717) is 6.04 Å². The summed E-state index contributed by atoms with van der Waals surface area (Å²) in [6.45, 7) is 6.54. The van der Waals surface area contributed by atoms with E-state index in [4.69, 9.17) is 5.73 Å². The first-order valence-corrected chi connectivity index (χ1v) is 10.6. The van der Waals surface area contributed by atoms with Gasteiger partial charge in [0.2, 0.25) is 0 Å². The van der Waals surface area contributed by atoms with Crippen LogP contribution in [-0.4, -0.2) is 30.1 Å². The predicted octanol–water partition coefficient (Wildman–Crippen LogP) is 5.25. The second-order valence-electron chi connectivity index (χ2n) is 7.74. The molecule has 1 rings (SSSR count). The van der Waals surface area contributed by atoms with Gasteiger partial charge >= 0.3 is 0 Å². The third kappa shape index (κ3) is 8.49. The van der Waals surface area contributed by atoms with E-state index in [1.807, 2.05) is 0 Å². The van der Waals surface area contributed by atoms with E-state index < -0.39 is 0 Å². The van der Waals surface area contributed by atoms with Gasteiger partial charge in [0.05, 0.1) is 12.0 Å². The number of rotatable bonds is 13. The molecular formula is C21H41N3. The molecule has 140 valence electrons. The van der Waals surface area contributed by atoms with Crippen molar-refractivity contribution in [3.05, 3.63) is 0 Å². The van der Waals surface area contributed by atoms with Crippen molar-refractivity contribution >= 4 is 0 Å². The minimum Gasteiger partial charge on any atom is -0.326 e. The maximum atomic E-state index is 9.35. The summed E-state index contributed by atoms with van der Waals surface area (Å²) >= 11 is 0. The molecule has 2 N–H and O–H groups in total. The van der Waals surface area contributed by atoms with Gasteiger partial charge < -0.3 is 5.73 Å². The van der Waals surface area contributed by atoms with Crippen molar-refractivity contribution in [1.29, 1.82) is 5.26 Å². The number of nitrogens with two attached hydrogens (primary N) is 1. The second-order valence-corrected chi connectivity index (χ2v) is 7.74. The van der Waals surface area contributed by atoms with Crippen LogP contribution < -0.4 is 5.73 Å². The fraction of sp³-hybridized carbons (Fsp3) is 0.952. The van der Waals surface area contributed by atoms with Crippen LogP contribution in [-0.2, 0) is 0 Å². The Morgan fingerprint density at radius 2 is 1.50 bits per heavy atom. The molecule has 0 bridgehead atoms. The summed E-state index contributed by atoms with van der Waals surface area (Å²) in [5.41, 5.74) is 6.11. The minimum atomic E-state index is 0.0291. The quantitative estimate of drug-likeness (QED) is 0.468. The Hall–Kier alpha value is -0.590. The van der Waals surface area contributed by atoms with Crippen LogP contribution in [0.4, 0.5) is 0 Å². The highest BCUT2D eigenvalue weighted by molar-refractivity contribution is 4.97. The van der Waals surface area contributed by atoms with Gasteiger partial charge in [0, 0.05) is 18.6 Å². The Morgan fingerprint density at radius 1 is 0.958 bits per heavy atom. The Morgan fingerprint density at radius 3 is 2.00 bits per heavy atom. The molecule has 0 aromatic rings. The highest BCUT2D eigenvalue weighted by Crippen LogP contribution is 2.24. The van der Waals surface area contributed by atoms with Gasteiger partial charge in [-0.15, -0.1) is 0 Å². The summed E-state index contributed by atoms with van der Waals surface area (Å²) in [4.78, 5) is 2.59. The Kier molecular flexibility index (Phi) is 12.2. The molecule has 0 aliphatic carbocycles. The van der Waals surface area contributed by atoms with Crippen LogP contribution in [0.15, 0.2) is 0 Å². The summed E-state index contributed by atoms with van der Waals surface area (Å²) in [7, 11) is 0. The van der Waals surface area contributed by atoms with Gasteiger partial charge in [0.25, 0.3) is 0 Å². The number of unbranched alkanes of at least 4 members (excludes halogenated alkanes) is 8. The fourth-order valence-electron chi connectivity index (χ4n) is 3.94. The molecule has 0 unspecified atom stereocenters. The number of hydrogen-bond acceptors (Lipinski definition) is 3. The van der Waals surface area contributed by atoms with E-state index >= 15 is 0 Å². The zero-order chi connectivity index (χ0) is 17.6. The van der Waals surface area contributed by atoms with Crippen molar-refractivity contribution < 1.29 is 0 Å². The number of hydrogen-bond donors (Lipinski definition) is 1. The van der Waals surface area contributed by atoms with Crippen molar-refractivity contribution in [2.24, 2.45) is 11.7 Å². The highest BCUT2D eigenvalue weighted by Gasteiger charge is 2.30. The minimum absolute atomic E-state index is 0.0291. The number of likely N-dealkylation sites (tertiary alicyclic amines) is 1. The van der Waals surface area contributed by atoms with Crippen molar-refractivity contribution in [2.75, 3.05) is 13.1 Å². The van der Waals surface area contributed by atoms with Gasteiger partial charge in [-0.3, -0.25) is 4.90 Å². The molecule has 3 nitrogen and oxygen atoms in total. The summed E-state index contributed by atoms with van der Waals surface area (Å²) in [6, 6.07) is 3.20. The lowest BCUT2D eigenvalue weighted by Crippen LogP contribution is -2.50. The summed E-state index contributed by atoms with van der Waals surface area (Å²) in [5.74, 6) is 0.0291. The predicted molar refractivity (Wildman–Crippen MR) is 104 cm³/mol. The van der Waals surface area contributed by atoms with Gasteiger partial charge in [-0.05, 0) is 25.8 Å². The normalized spacial score (nSPS) is 22.0. The van der Waals surface area contributed by atoms with Crippen LogP contribution >= 0.6 is 0 Å². The SMILES string of the molecule is CCCCCCCC(CCCCCCC)N1CC[C@@H](N)[C@H](C#N)C1. The second kappa shape index (κ2) is 13.7. The van der Waals surface area contributed by atoms with E-state index in [-0.39, 0.29) is 12.0 Å². The molecule has 3 heteroatoms. The average molecular weight is 336 g/mol. The summed E-state index contributed by atoms with van der Waals surface area (Å²) in [6.07, 6.45) is 17.2. The van der Waals surface area contributed by atoms with Gasteiger partial charge in [0.1, 0.15) is 0 Å². The highest BCUT2D eigenvalue weighted by atomic mass is 15.2. The van der Waals surface area contributed by atoms with Crippen LogP contribution in [0.2, 0.25) is 0 Å². The molecule has 0 saturated carbocycles. The first-order chi connectivity index (χ1) is 11.7. The van der Waals surface area contributed by atoms with Crippen molar-refractivity contribution in [3.63, 3.8) is 0 Å². The molecule has 1 heterocycles. The lowest BCUT2D eigenvalue weighted by atomic mass is 9.90. The van der Waals surface area contributed by atoms with Crippen LogP contribution in [0.1, 0.15) is 97.3 Å². The molecule has 24 heavy (non-hydrogen) atoms. The van der Waals surface area contributed by atoms with Crippen molar-refractivity contribution in [3.8, 4) is 6.07 Å². The zero-order valence-electron chi connectivity index (χ0n) is 16.3. The maximum absolute atomic E-state index is 9.35. The third-order valence-electron chi connectivity index (χ3n) is 5.66. The van der Waals surface area contributed by atoms with Crippen molar-refractivity contribution in [1.82, 2.24) is 4.90 Å². The smallest absolute Gasteiger partial charge is 0.0741 e. The Bertz CT molecular complexity index is 322. The first kappa shape index (κ1) is 21.5. The van der Waals surface area contributed by atoms with Crippen molar-refractivity contribution in [2.45, 2.75) is 109 Å². The van der Waals surface area contributed by atoms with Crippen LogP contribution in [0.5, 0.6) is 0 Å². The van der Waals surface area contributed by atoms with E-state index in [0.717, 1.165) is 19.5 Å². The van der Waals surface area contributed by atoms with Gasteiger partial charge in [-0.25, -0.2) is 0 Å². The van der Waals surface area contributed by atoms with Crippen LogP contribution in [0.3, 0.4) is 0 Å². The molecular weight excluding hydrogens is 294 g/mol. The molecule has 0 amide bonds. The largest absolute Gasteiger partial charge is 0.326 e. The molecule has 0 aromatic carbocycles. The van der Waals surface area contributed by atoms with Crippen LogP contribution in [0, 0.1) is 17.2 Å². The standard InChI is InChI=1S/C21H41N3/c1-3-5-7-9-11-13-20(14-12-10-8-6-4-2)24-16-15-21(23)19(17-22)18-24/h19-21H,3-16,18,23H2,1-2H3/t19-,21-/m1/s1. The van der Waals surface area contributed by atoms with Gasteiger partial charge in [0.15, 0.2) is 0 Å². The lowest BCUT2D eigenvalue weighted by molar-refractivity contribution is 0.113. The lowest BCUT2D eigenvalue weighted by Gasteiger charge is -2.39. The van der Waals surface area contributed by atoms with E-state index in [9.17, 15) is 5.26 Å². The van der Waals surface area contributed by atoms with E-state index in [2.05, 4.69) is 24.8 Å². The van der Waals surface area contributed by atoms with E-state index in [1.54, 1.807) is 0 Å². The first-order valence-electron chi connectivity index (χ1n) is 10.6. The molecule has 1 fully saturated rings.